The number of hydrogen-bond donors (Lipinski definition) is 1. The van der Waals surface area contributed by atoms with E-state index in [-0.39, 0.29) is 19.1 Å². The van der Waals surface area contributed by atoms with Gasteiger partial charge in [0.15, 0.2) is 6.61 Å². The van der Waals surface area contributed by atoms with E-state index in [0.29, 0.717) is 21.1 Å². The Morgan fingerprint density at radius 1 is 1.22 bits per heavy atom. The van der Waals surface area contributed by atoms with Crippen LogP contribution < -0.4 is 10.2 Å². The third kappa shape index (κ3) is 3.72. The summed E-state index contributed by atoms with van der Waals surface area (Å²) in [5.74, 6) is -0.296. The first kappa shape index (κ1) is 15.6. The Bertz CT molecular complexity index is 850. The van der Waals surface area contributed by atoms with Crippen LogP contribution in [0.4, 0.5) is 0 Å². The molecule has 1 amide bonds. The second-order valence-electron chi connectivity index (χ2n) is 4.74. The molecule has 0 spiro atoms. The molecule has 0 saturated heterocycles. The molecule has 1 aromatic heterocycles. The van der Waals surface area contributed by atoms with E-state index in [2.05, 4.69) is 15.6 Å². The summed E-state index contributed by atoms with van der Waals surface area (Å²) < 4.78 is 0. The fourth-order valence-corrected chi connectivity index (χ4v) is 2.45. The van der Waals surface area contributed by atoms with E-state index in [1.54, 1.807) is 24.3 Å². The van der Waals surface area contributed by atoms with Crippen molar-refractivity contribution in [2.24, 2.45) is 0 Å². The summed E-state index contributed by atoms with van der Waals surface area (Å²) in [7, 11) is 0. The van der Waals surface area contributed by atoms with Gasteiger partial charge in [-0.2, -0.15) is 0 Å². The van der Waals surface area contributed by atoms with Gasteiger partial charge in [0.1, 0.15) is 11.0 Å². The number of nitrogens with zero attached hydrogens (tertiary/aromatic N) is 3. The fourth-order valence-electron chi connectivity index (χ4n) is 1.97. The summed E-state index contributed by atoms with van der Waals surface area (Å²) in [5, 5.41) is 11.5. The molecule has 1 heterocycles. The fraction of sp³-hybridized carbons (Fsp3) is 0.133. The van der Waals surface area contributed by atoms with Crippen LogP contribution in [0.1, 0.15) is 5.56 Å². The van der Waals surface area contributed by atoms with Crippen molar-refractivity contribution >= 4 is 40.1 Å². The maximum absolute atomic E-state index is 11.9. The molecule has 8 heteroatoms. The molecule has 0 saturated carbocycles. The van der Waals surface area contributed by atoms with Crippen LogP contribution in [0.2, 0.25) is 10.0 Å². The van der Waals surface area contributed by atoms with Gasteiger partial charge in [-0.1, -0.05) is 46.2 Å². The van der Waals surface area contributed by atoms with E-state index in [9.17, 15) is 4.79 Å². The van der Waals surface area contributed by atoms with Crippen molar-refractivity contribution in [1.82, 2.24) is 20.5 Å². The van der Waals surface area contributed by atoms with Crippen LogP contribution in [0.25, 0.3) is 11.0 Å². The third-order valence-corrected chi connectivity index (χ3v) is 3.72. The molecule has 0 unspecified atom stereocenters. The van der Waals surface area contributed by atoms with Crippen LogP contribution in [-0.4, -0.2) is 27.7 Å². The van der Waals surface area contributed by atoms with Gasteiger partial charge in [0.25, 0.3) is 5.91 Å². The smallest absolute Gasteiger partial charge is 0.261 e. The Morgan fingerprint density at radius 3 is 2.87 bits per heavy atom. The van der Waals surface area contributed by atoms with Crippen LogP contribution in [-0.2, 0) is 11.3 Å². The van der Waals surface area contributed by atoms with Crippen LogP contribution in [0.3, 0.4) is 0 Å². The molecule has 3 rings (SSSR count). The summed E-state index contributed by atoms with van der Waals surface area (Å²) in [6, 6.07) is 12.4. The maximum Gasteiger partial charge on any atom is 0.261 e. The summed E-state index contributed by atoms with van der Waals surface area (Å²) in [6.45, 7) is 0.106. The number of fused-ring (bicyclic) bond motifs is 1. The number of nitrogens with one attached hydrogen (secondary N) is 1. The first-order valence-corrected chi connectivity index (χ1v) is 7.53. The predicted molar refractivity (Wildman–Crippen MR) is 87.3 cm³/mol. The Kier molecular flexibility index (Phi) is 4.64. The van der Waals surface area contributed by atoms with Gasteiger partial charge in [-0.25, -0.2) is 0 Å². The predicted octanol–water partition coefficient (Wildman–Crippen LogP) is 2.48. The van der Waals surface area contributed by atoms with Crippen molar-refractivity contribution in [3.05, 3.63) is 58.1 Å². The molecule has 23 heavy (non-hydrogen) atoms. The van der Waals surface area contributed by atoms with Crippen molar-refractivity contribution < 1.29 is 9.63 Å². The van der Waals surface area contributed by atoms with Crippen molar-refractivity contribution in [3.63, 3.8) is 0 Å². The Labute approximate surface area is 141 Å². The van der Waals surface area contributed by atoms with E-state index in [0.717, 1.165) is 5.56 Å². The number of aromatic nitrogens is 3. The number of hydrogen-bond acceptors (Lipinski definition) is 4. The molecular weight excluding hydrogens is 339 g/mol. The van der Waals surface area contributed by atoms with Crippen LogP contribution in [0.15, 0.2) is 42.5 Å². The number of benzene rings is 2. The van der Waals surface area contributed by atoms with Crippen molar-refractivity contribution in [1.29, 1.82) is 0 Å². The lowest BCUT2D eigenvalue weighted by Crippen LogP contribution is -2.31. The molecule has 0 radical (unpaired) electrons. The van der Waals surface area contributed by atoms with Crippen molar-refractivity contribution in [2.45, 2.75) is 6.54 Å². The number of amides is 1. The Hall–Kier alpha value is -2.31. The molecule has 0 aliphatic heterocycles. The summed E-state index contributed by atoms with van der Waals surface area (Å²) >= 11 is 11.9. The molecule has 0 aliphatic carbocycles. The molecule has 3 aromatic rings. The second kappa shape index (κ2) is 6.85. The van der Waals surface area contributed by atoms with Crippen LogP contribution >= 0.6 is 23.2 Å². The molecule has 2 aromatic carbocycles. The standard InChI is InChI=1S/C15H12Cl2N4O2/c16-11-6-5-10(12(17)7-11)8-18-15(22)9-23-21-14-4-2-1-3-13(14)19-20-21/h1-7H,8-9H2,(H,18,22). The van der Waals surface area contributed by atoms with E-state index in [1.807, 2.05) is 18.2 Å². The largest absolute Gasteiger partial charge is 0.385 e. The second-order valence-corrected chi connectivity index (χ2v) is 5.58. The highest BCUT2D eigenvalue weighted by Crippen LogP contribution is 2.20. The highest BCUT2D eigenvalue weighted by molar-refractivity contribution is 6.35. The van der Waals surface area contributed by atoms with Gasteiger partial charge in [-0.3, -0.25) is 4.79 Å². The lowest BCUT2D eigenvalue weighted by Gasteiger charge is -2.08. The molecular formula is C15H12Cl2N4O2. The van der Waals surface area contributed by atoms with Gasteiger partial charge >= 0.3 is 0 Å². The molecule has 0 aliphatic rings. The zero-order valence-electron chi connectivity index (χ0n) is 11.9. The summed E-state index contributed by atoms with van der Waals surface area (Å²) in [4.78, 5) is 18.4. The monoisotopic (exact) mass is 350 g/mol. The molecule has 1 N–H and O–H groups in total. The Balaban J connectivity index is 1.55. The molecule has 6 nitrogen and oxygen atoms in total. The van der Waals surface area contributed by atoms with Crippen molar-refractivity contribution in [2.75, 3.05) is 6.61 Å². The minimum atomic E-state index is -0.296. The lowest BCUT2D eigenvalue weighted by molar-refractivity contribution is -0.126. The van der Waals surface area contributed by atoms with Crippen molar-refractivity contribution in [3.8, 4) is 0 Å². The number of halogens is 2. The van der Waals surface area contributed by atoms with Gasteiger partial charge in [0.05, 0.1) is 0 Å². The van der Waals surface area contributed by atoms with Gasteiger partial charge in [0, 0.05) is 16.6 Å². The van der Waals surface area contributed by atoms with E-state index in [1.165, 1.54) is 4.85 Å². The van der Waals surface area contributed by atoms with Gasteiger partial charge in [0.2, 0.25) is 0 Å². The van der Waals surface area contributed by atoms with E-state index >= 15 is 0 Å². The highest BCUT2D eigenvalue weighted by Gasteiger charge is 2.08. The first-order valence-electron chi connectivity index (χ1n) is 6.78. The van der Waals surface area contributed by atoms with Gasteiger partial charge in [-0.15, -0.1) is 5.10 Å². The van der Waals surface area contributed by atoms with Gasteiger partial charge in [-0.05, 0) is 35.0 Å². The SMILES string of the molecule is O=C(COn1nnc2ccccc21)NCc1ccc(Cl)cc1Cl. The zero-order chi connectivity index (χ0) is 16.2. The zero-order valence-corrected chi connectivity index (χ0v) is 13.4. The summed E-state index contributed by atoms with van der Waals surface area (Å²) in [6.07, 6.45) is 0. The number of carbonyl (C=O) groups is 1. The normalized spacial score (nSPS) is 10.7. The number of rotatable bonds is 5. The molecule has 118 valence electrons. The Morgan fingerprint density at radius 2 is 2.04 bits per heavy atom. The quantitative estimate of drug-likeness (QED) is 0.767. The van der Waals surface area contributed by atoms with E-state index in [4.69, 9.17) is 28.0 Å². The third-order valence-electron chi connectivity index (χ3n) is 3.13. The van der Waals surface area contributed by atoms with Crippen LogP contribution in [0.5, 0.6) is 0 Å². The van der Waals surface area contributed by atoms with Crippen LogP contribution in [0, 0.1) is 0 Å². The molecule has 0 bridgehead atoms. The lowest BCUT2D eigenvalue weighted by atomic mass is 10.2. The topological polar surface area (TPSA) is 69.0 Å². The van der Waals surface area contributed by atoms with E-state index < -0.39 is 0 Å². The molecule has 0 fully saturated rings. The maximum atomic E-state index is 11.9. The average molecular weight is 351 g/mol. The number of carbonyl (C=O) groups excluding carboxylic acids is 1. The summed E-state index contributed by atoms with van der Waals surface area (Å²) in [5.41, 5.74) is 2.16. The minimum absolute atomic E-state index is 0.182. The minimum Gasteiger partial charge on any atom is -0.385 e. The highest BCUT2D eigenvalue weighted by atomic mass is 35.5. The molecule has 0 atom stereocenters. The average Bonchev–Trinajstić information content (AvgIpc) is 2.95. The van der Waals surface area contributed by atoms with Gasteiger partial charge < -0.3 is 10.2 Å². The number of para-hydroxylation sites is 1. The first-order chi connectivity index (χ1) is 11.1.